The molecule has 0 spiro atoms. The van der Waals surface area contributed by atoms with Crippen LogP contribution in [0, 0.1) is 12.0 Å². The third-order valence-electron chi connectivity index (χ3n) is 3.23. The molecular weight excluding hydrogens is 182 g/mol. The Morgan fingerprint density at radius 3 is 1.73 bits per heavy atom. The van der Waals surface area contributed by atoms with Gasteiger partial charge in [-0.25, -0.2) is 6.57 Å². The fourth-order valence-electron chi connectivity index (χ4n) is 2.08. The van der Waals surface area contributed by atoms with Crippen molar-refractivity contribution >= 4 is 0 Å². The molecule has 0 saturated heterocycles. The first-order valence-corrected chi connectivity index (χ1v) is 6.51. The second-order valence-electron chi connectivity index (χ2n) is 5.04. The van der Waals surface area contributed by atoms with Crippen molar-refractivity contribution in [2.45, 2.75) is 72.1 Å². The summed E-state index contributed by atoms with van der Waals surface area (Å²) in [6.07, 6.45) is 10.3. The fourth-order valence-corrected chi connectivity index (χ4v) is 2.08. The Bertz CT molecular complexity index is 168. The number of rotatable bonds is 9. The summed E-state index contributed by atoms with van der Waals surface area (Å²) >= 11 is 0. The van der Waals surface area contributed by atoms with Crippen LogP contribution in [0.1, 0.15) is 72.1 Å². The first kappa shape index (κ1) is 14.5. The molecule has 0 rings (SSSR count). The van der Waals surface area contributed by atoms with Crippen molar-refractivity contribution in [3.8, 4) is 0 Å². The fraction of sp³-hybridized carbons (Fsp3) is 0.929. The van der Waals surface area contributed by atoms with E-state index in [1.54, 1.807) is 0 Å². The largest absolute Gasteiger partial charge is 0.316 e. The molecule has 1 nitrogen and oxygen atoms in total. The van der Waals surface area contributed by atoms with Crippen LogP contribution in [0.3, 0.4) is 0 Å². The van der Waals surface area contributed by atoms with Crippen LogP contribution in [0.2, 0.25) is 0 Å². The molecule has 88 valence electrons. The summed E-state index contributed by atoms with van der Waals surface area (Å²) in [5, 5.41) is 0. The molecule has 0 aromatic rings. The maximum atomic E-state index is 7.04. The quantitative estimate of drug-likeness (QED) is 0.369. The van der Waals surface area contributed by atoms with E-state index in [1.807, 2.05) is 0 Å². The minimum Gasteiger partial charge on any atom is -0.316 e. The Morgan fingerprint density at radius 1 is 0.933 bits per heavy atom. The summed E-state index contributed by atoms with van der Waals surface area (Å²) < 4.78 is 0. The van der Waals surface area contributed by atoms with Crippen LogP contribution in [-0.2, 0) is 0 Å². The van der Waals surface area contributed by atoms with Crippen molar-refractivity contribution < 1.29 is 0 Å². The SMILES string of the molecule is [C-]#[N+]CC(C)(CCCCC)CCCCC. The van der Waals surface area contributed by atoms with Crippen LogP contribution in [-0.4, -0.2) is 6.54 Å². The van der Waals surface area contributed by atoms with Gasteiger partial charge in [-0.2, -0.15) is 0 Å². The molecule has 1 heteroatoms. The zero-order chi connectivity index (χ0) is 11.6. The van der Waals surface area contributed by atoms with Crippen LogP contribution in [0.25, 0.3) is 4.85 Å². The Labute approximate surface area is 96.1 Å². The lowest BCUT2D eigenvalue weighted by Gasteiger charge is -2.23. The highest BCUT2D eigenvalue weighted by molar-refractivity contribution is 4.82. The predicted octanol–water partition coefficient (Wildman–Crippen LogP) is 5.07. The molecular formula is C14H27N. The normalized spacial score (nSPS) is 11.3. The predicted molar refractivity (Wildman–Crippen MR) is 67.9 cm³/mol. The third kappa shape index (κ3) is 7.42. The van der Waals surface area contributed by atoms with Crippen LogP contribution < -0.4 is 0 Å². The van der Waals surface area contributed by atoms with E-state index in [0.29, 0.717) is 5.41 Å². The summed E-state index contributed by atoms with van der Waals surface area (Å²) in [7, 11) is 0. The van der Waals surface area contributed by atoms with E-state index in [9.17, 15) is 0 Å². The van der Waals surface area contributed by atoms with Crippen molar-refractivity contribution in [2.75, 3.05) is 6.54 Å². The summed E-state index contributed by atoms with van der Waals surface area (Å²) in [5.74, 6) is 0. The lowest BCUT2D eigenvalue weighted by molar-refractivity contribution is 0.277. The summed E-state index contributed by atoms with van der Waals surface area (Å²) in [6, 6.07) is 0. The van der Waals surface area contributed by atoms with Gasteiger partial charge < -0.3 is 4.85 Å². The molecule has 0 aromatic heterocycles. The first-order valence-electron chi connectivity index (χ1n) is 6.51. The molecule has 0 aliphatic carbocycles. The van der Waals surface area contributed by atoms with E-state index >= 15 is 0 Å². The maximum absolute atomic E-state index is 7.04. The van der Waals surface area contributed by atoms with Crippen molar-refractivity contribution in [1.29, 1.82) is 0 Å². The molecule has 0 aliphatic heterocycles. The zero-order valence-corrected chi connectivity index (χ0v) is 10.8. The third-order valence-corrected chi connectivity index (χ3v) is 3.23. The van der Waals surface area contributed by atoms with Gasteiger partial charge in [0.2, 0.25) is 6.54 Å². The van der Waals surface area contributed by atoms with Gasteiger partial charge in [-0.3, -0.25) is 0 Å². The van der Waals surface area contributed by atoms with E-state index < -0.39 is 0 Å². The molecule has 0 unspecified atom stereocenters. The second kappa shape index (κ2) is 8.77. The molecule has 0 saturated carbocycles. The van der Waals surface area contributed by atoms with Crippen LogP contribution in [0.5, 0.6) is 0 Å². The maximum Gasteiger partial charge on any atom is 0.219 e. The van der Waals surface area contributed by atoms with Crippen molar-refractivity contribution in [1.82, 2.24) is 0 Å². The Morgan fingerprint density at radius 2 is 1.40 bits per heavy atom. The lowest BCUT2D eigenvalue weighted by Crippen LogP contribution is -2.19. The van der Waals surface area contributed by atoms with Gasteiger partial charge in [0.05, 0.1) is 0 Å². The number of nitrogens with zero attached hydrogens (tertiary/aromatic N) is 1. The Kier molecular flexibility index (Phi) is 8.47. The van der Waals surface area contributed by atoms with Crippen LogP contribution >= 0.6 is 0 Å². The average molecular weight is 209 g/mol. The van der Waals surface area contributed by atoms with E-state index in [-0.39, 0.29) is 0 Å². The van der Waals surface area contributed by atoms with Crippen molar-refractivity contribution in [3.63, 3.8) is 0 Å². The van der Waals surface area contributed by atoms with E-state index in [0.717, 1.165) is 6.54 Å². The van der Waals surface area contributed by atoms with Crippen molar-refractivity contribution in [2.24, 2.45) is 5.41 Å². The average Bonchev–Trinajstić information content (AvgIpc) is 2.19. The number of hydrogen-bond donors (Lipinski definition) is 0. The molecule has 15 heavy (non-hydrogen) atoms. The van der Waals surface area contributed by atoms with Gasteiger partial charge in [0, 0.05) is 5.41 Å². The highest BCUT2D eigenvalue weighted by Gasteiger charge is 2.26. The molecule has 0 heterocycles. The number of unbranched alkanes of at least 4 members (excludes halogenated alkanes) is 4. The van der Waals surface area contributed by atoms with Gasteiger partial charge in [-0.1, -0.05) is 59.3 Å². The van der Waals surface area contributed by atoms with Gasteiger partial charge in [0.1, 0.15) is 0 Å². The minimum atomic E-state index is 0.298. The smallest absolute Gasteiger partial charge is 0.219 e. The molecule has 0 bridgehead atoms. The van der Waals surface area contributed by atoms with Gasteiger partial charge in [0.15, 0.2) is 0 Å². The minimum absolute atomic E-state index is 0.298. The lowest BCUT2D eigenvalue weighted by atomic mass is 9.80. The van der Waals surface area contributed by atoms with Gasteiger partial charge >= 0.3 is 0 Å². The van der Waals surface area contributed by atoms with E-state index in [1.165, 1.54) is 51.4 Å². The molecule has 0 fully saturated rings. The van der Waals surface area contributed by atoms with Gasteiger partial charge in [-0.15, -0.1) is 0 Å². The second-order valence-corrected chi connectivity index (χ2v) is 5.04. The topological polar surface area (TPSA) is 4.36 Å². The summed E-state index contributed by atoms with van der Waals surface area (Å²) in [5.41, 5.74) is 0.298. The Hall–Kier alpha value is -0.510. The first-order chi connectivity index (χ1) is 7.18. The number of hydrogen-bond acceptors (Lipinski definition) is 0. The molecule has 0 aliphatic rings. The molecule has 0 N–H and O–H groups in total. The summed E-state index contributed by atoms with van der Waals surface area (Å²) in [6.45, 7) is 14.5. The van der Waals surface area contributed by atoms with E-state index in [4.69, 9.17) is 6.57 Å². The highest BCUT2D eigenvalue weighted by atomic mass is 14.7. The standard InChI is InChI=1S/C14H27N/c1-5-7-9-11-14(3,13-15-4)12-10-8-6-2/h5-13H2,1-3H3. The molecule has 0 radical (unpaired) electrons. The Balaban J connectivity index is 3.90. The van der Waals surface area contributed by atoms with Crippen molar-refractivity contribution in [3.05, 3.63) is 11.4 Å². The van der Waals surface area contributed by atoms with Crippen LogP contribution in [0.15, 0.2) is 0 Å². The molecule has 0 aromatic carbocycles. The molecule has 0 amide bonds. The summed E-state index contributed by atoms with van der Waals surface area (Å²) in [4.78, 5) is 3.62. The van der Waals surface area contributed by atoms with Gasteiger partial charge in [0.25, 0.3) is 0 Å². The molecule has 0 atom stereocenters. The monoisotopic (exact) mass is 209 g/mol. The highest BCUT2D eigenvalue weighted by Crippen LogP contribution is 2.31. The van der Waals surface area contributed by atoms with Gasteiger partial charge in [-0.05, 0) is 12.8 Å². The zero-order valence-electron chi connectivity index (χ0n) is 10.8. The van der Waals surface area contributed by atoms with E-state index in [2.05, 4.69) is 25.6 Å². The van der Waals surface area contributed by atoms with Crippen LogP contribution in [0.4, 0.5) is 0 Å².